The smallest absolute Gasteiger partial charge is 0.238 e. The fourth-order valence-corrected chi connectivity index (χ4v) is 6.27. The zero-order valence-electron chi connectivity index (χ0n) is 16.7. The Morgan fingerprint density at radius 1 is 1.25 bits per heavy atom. The Balaban J connectivity index is 1.40. The first-order valence-corrected chi connectivity index (χ1v) is 11.5. The number of carbonyl (C=O) groups is 2. The van der Waals surface area contributed by atoms with Crippen molar-refractivity contribution in [1.82, 2.24) is 4.90 Å². The molecule has 1 aromatic rings. The molecule has 0 unspecified atom stereocenters. The molecule has 2 heterocycles. The Labute approximate surface area is 171 Å². The van der Waals surface area contributed by atoms with Crippen molar-refractivity contribution in [1.29, 1.82) is 0 Å². The third-order valence-electron chi connectivity index (χ3n) is 6.57. The predicted octanol–water partition coefficient (Wildman–Crippen LogP) is 4.06. The molecule has 6 heteroatoms. The van der Waals surface area contributed by atoms with E-state index in [9.17, 15) is 9.59 Å². The van der Waals surface area contributed by atoms with Crippen molar-refractivity contribution in [3.63, 3.8) is 0 Å². The Kier molecular flexibility index (Phi) is 5.85. The molecule has 152 valence electrons. The Morgan fingerprint density at radius 3 is 2.71 bits per heavy atom. The van der Waals surface area contributed by atoms with Crippen molar-refractivity contribution in [3.05, 3.63) is 24.3 Å². The Hall–Kier alpha value is -1.69. The number of methoxy groups -OCH3 is 1. The maximum absolute atomic E-state index is 12.7. The lowest BCUT2D eigenvalue weighted by Crippen LogP contribution is -2.53. The number of nitrogens with zero attached hydrogens (tertiary/aromatic N) is 2. The van der Waals surface area contributed by atoms with Crippen LogP contribution in [0.2, 0.25) is 0 Å². The largest absolute Gasteiger partial charge is 0.497 e. The van der Waals surface area contributed by atoms with Crippen molar-refractivity contribution in [3.8, 4) is 5.75 Å². The second-order valence-electron chi connectivity index (χ2n) is 8.24. The number of thioether (sulfide) groups is 1. The van der Waals surface area contributed by atoms with Crippen LogP contribution in [0.3, 0.4) is 0 Å². The molecule has 2 saturated heterocycles. The number of amides is 2. The molecule has 1 aliphatic carbocycles. The van der Waals surface area contributed by atoms with Gasteiger partial charge in [0.1, 0.15) is 5.75 Å². The topological polar surface area (TPSA) is 49.9 Å². The molecule has 5 nitrogen and oxygen atoms in total. The van der Waals surface area contributed by atoms with E-state index in [1.54, 1.807) is 18.9 Å². The van der Waals surface area contributed by atoms with Crippen LogP contribution in [0.15, 0.2) is 24.3 Å². The lowest BCUT2D eigenvalue weighted by Gasteiger charge is -2.44. The van der Waals surface area contributed by atoms with Crippen molar-refractivity contribution < 1.29 is 14.3 Å². The number of piperidine rings is 1. The van der Waals surface area contributed by atoms with Gasteiger partial charge in [-0.15, -0.1) is 11.8 Å². The van der Waals surface area contributed by atoms with Gasteiger partial charge in [0.25, 0.3) is 0 Å². The third-order valence-corrected chi connectivity index (χ3v) is 8.09. The van der Waals surface area contributed by atoms with E-state index >= 15 is 0 Å². The van der Waals surface area contributed by atoms with E-state index in [0.717, 1.165) is 49.7 Å². The summed E-state index contributed by atoms with van der Waals surface area (Å²) in [7, 11) is 1.64. The average molecular weight is 403 g/mol. The molecule has 3 fully saturated rings. The van der Waals surface area contributed by atoms with E-state index in [1.807, 2.05) is 34.1 Å². The fraction of sp³-hybridized carbons (Fsp3) is 0.636. The molecule has 3 aliphatic rings. The van der Waals surface area contributed by atoms with Gasteiger partial charge in [0, 0.05) is 31.3 Å². The highest BCUT2D eigenvalue weighted by Crippen LogP contribution is 2.47. The van der Waals surface area contributed by atoms with Gasteiger partial charge in [-0.1, -0.05) is 31.7 Å². The zero-order chi connectivity index (χ0) is 19.6. The van der Waals surface area contributed by atoms with Crippen LogP contribution in [-0.4, -0.2) is 47.5 Å². The van der Waals surface area contributed by atoms with E-state index < -0.39 is 0 Å². The van der Waals surface area contributed by atoms with Gasteiger partial charge < -0.3 is 9.64 Å². The minimum Gasteiger partial charge on any atom is -0.497 e. The SMILES string of the molecule is COc1cccc(N2C(=O)CSC23CCN(C(=O)CCC2CCCC2)CC3)c1. The molecule has 0 N–H and O–H groups in total. The van der Waals surface area contributed by atoms with Gasteiger partial charge in [0.05, 0.1) is 17.7 Å². The van der Waals surface area contributed by atoms with Crippen molar-refractivity contribution in [2.75, 3.05) is 30.9 Å². The van der Waals surface area contributed by atoms with E-state index in [0.29, 0.717) is 18.1 Å². The van der Waals surface area contributed by atoms with Crippen LogP contribution < -0.4 is 9.64 Å². The second-order valence-corrected chi connectivity index (χ2v) is 9.57. The molecular weight excluding hydrogens is 372 g/mol. The number of benzene rings is 1. The number of carbonyl (C=O) groups excluding carboxylic acids is 2. The number of hydrogen-bond donors (Lipinski definition) is 0. The van der Waals surface area contributed by atoms with Crippen LogP contribution in [0.25, 0.3) is 0 Å². The summed E-state index contributed by atoms with van der Waals surface area (Å²) < 4.78 is 5.35. The van der Waals surface area contributed by atoms with Crippen molar-refractivity contribution >= 4 is 29.3 Å². The lowest BCUT2D eigenvalue weighted by atomic mass is 9.98. The van der Waals surface area contributed by atoms with Crippen molar-refractivity contribution in [2.45, 2.75) is 56.2 Å². The number of anilines is 1. The maximum atomic E-state index is 12.7. The molecule has 2 amide bonds. The second kappa shape index (κ2) is 8.36. The van der Waals surface area contributed by atoms with Crippen LogP contribution in [0.4, 0.5) is 5.69 Å². The third kappa shape index (κ3) is 3.88. The van der Waals surface area contributed by atoms with Crippen molar-refractivity contribution in [2.24, 2.45) is 5.92 Å². The summed E-state index contributed by atoms with van der Waals surface area (Å²) in [4.78, 5) is 29.1. The van der Waals surface area contributed by atoms with Gasteiger partial charge >= 0.3 is 0 Å². The van der Waals surface area contributed by atoms with Crippen LogP contribution in [-0.2, 0) is 9.59 Å². The van der Waals surface area contributed by atoms with Crippen LogP contribution in [0, 0.1) is 5.92 Å². The van der Waals surface area contributed by atoms with Gasteiger partial charge in [-0.2, -0.15) is 0 Å². The molecular formula is C22H30N2O3S. The quantitative estimate of drug-likeness (QED) is 0.745. The standard InChI is InChI=1S/C22H30N2O3S/c1-27-19-8-4-7-18(15-19)24-21(26)16-28-22(24)11-13-23(14-12-22)20(25)10-9-17-5-2-3-6-17/h4,7-8,15,17H,2-3,5-6,9-14,16H2,1H3. The molecule has 0 radical (unpaired) electrons. The molecule has 2 aliphatic heterocycles. The monoisotopic (exact) mass is 402 g/mol. The fourth-order valence-electron chi connectivity index (χ4n) is 4.94. The molecule has 1 aromatic carbocycles. The van der Waals surface area contributed by atoms with Gasteiger partial charge in [-0.25, -0.2) is 0 Å². The Morgan fingerprint density at radius 2 is 2.00 bits per heavy atom. The van der Waals surface area contributed by atoms with Gasteiger partial charge in [0.15, 0.2) is 0 Å². The van der Waals surface area contributed by atoms with Gasteiger partial charge in [0.2, 0.25) is 11.8 Å². The van der Waals surface area contributed by atoms with E-state index in [1.165, 1.54) is 25.7 Å². The normalized spacial score (nSPS) is 22.2. The highest BCUT2D eigenvalue weighted by molar-refractivity contribution is 8.02. The number of rotatable bonds is 5. The highest BCUT2D eigenvalue weighted by Gasteiger charge is 2.49. The Bertz CT molecular complexity index is 724. The van der Waals surface area contributed by atoms with E-state index in [-0.39, 0.29) is 10.8 Å². The number of likely N-dealkylation sites (tertiary alicyclic amines) is 1. The van der Waals surface area contributed by atoms with Gasteiger partial charge in [-0.3, -0.25) is 14.5 Å². The summed E-state index contributed by atoms with van der Waals surface area (Å²) in [5.41, 5.74) is 0.898. The number of hydrogen-bond acceptors (Lipinski definition) is 4. The molecule has 0 aromatic heterocycles. The van der Waals surface area contributed by atoms with E-state index in [2.05, 4.69) is 0 Å². The summed E-state index contributed by atoms with van der Waals surface area (Å²) in [5.74, 6) is 2.47. The molecule has 1 saturated carbocycles. The maximum Gasteiger partial charge on any atom is 0.238 e. The molecule has 1 spiro atoms. The molecule has 0 bridgehead atoms. The highest BCUT2D eigenvalue weighted by atomic mass is 32.2. The predicted molar refractivity (Wildman–Crippen MR) is 113 cm³/mol. The molecule has 4 rings (SSSR count). The van der Waals surface area contributed by atoms with E-state index in [4.69, 9.17) is 4.74 Å². The summed E-state index contributed by atoms with van der Waals surface area (Å²) in [6.07, 6.45) is 8.64. The molecule has 0 atom stereocenters. The summed E-state index contributed by atoms with van der Waals surface area (Å²) in [6, 6.07) is 7.74. The summed E-state index contributed by atoms with van der Waals surface area (Å²) in [5, 5.41) is 0. The number of ether oxygens (including phenoxy) is 1. The van der Waals surface area contributed by atoms with Crippen LogP contribution >= 0.6 is 11.8 Å². The first kappa shape index (κ1) is 19.6. The first-order chi connectivity index (χ1) is 13.6. The molecule has 28 heavy (non-hydrogen) atoms. The minimum absolute atomic E-state index is 0.152. The summed E-state index contributed by atoms with van der Waals surface area (Å²) >= 11 is 1.74. The lowest BCUT2D eigenvalue weighted by molar-refractivity contribution is -0.132. The van der Waals surface area contributed by atoms with Gasteiger partial charge in [-0.05, 0) is 37.3 Å². The first-order valence-electron chi connectivity index (χ1n) is 10.5. The average Bonchev–Trinajstić information content (AvgIpc) is 3.35. The van der Waals surface area contributed by atoms with Crippen LogP contribution in [0.1, 0.15) is 51.4 Å². The minimum atomic E-state index is -0.230. The zero-order valence-corrected chi connectivity index (χ0v) is 17.5. The summed E-state index contributed by atoms with van der Waals surface area (Å²) in [6.45, 7) is 1.48. The van der Waals surface area contributed by atoms with Crippen LogP contribution in [0.5, 0.6) is 5.75 Å².